The second-order valence-corrected chi connectivity index (χ2v) is 8.10. The highest BCUT2D eigenvalue weighted by Crippen LogP contribution is 2.40. The first kappa shape index (κ1) is 15.1. The van der Waals surface area contributed by atoms with E-state index in [0.717, 1.165) is 17.9 Å². The van der Waals surface area contributed by atoms with Crippen molar-refractivity contribution in [1.29, 1.82) is 0 Å². The molecule has 1 rings (SSSR count). The summed E-state index contributed by atoms with van der Waals surface area (Å²) in [6.45, 7) is 0. The van der Waals surface area contributed by atoms with Crippen molar-refractivity contribution in [2.24, 2.45) is 0 Å². The second-order valence-electron chi connectivity index (χ2n) is 2.89. The maximum Gasteiger partial charge on any atom is 0.463 e. The molecule has 0 aliphatic heterocycles. The number of hydrogen-bond donors (Lipinski definition) is 1. The third kappa shape index (κ3) is 5.46. The van der Waals surface area contributed by atoms with Crippen LogP contribution in [0.4, 0.5) is 13.2 Å². The summed E-state index contributed by atoms with van der Waals surface area (Å²) in [6.07, 6.45) is -5.45. The smallest absolute Gasteiger partial charge is 0.265 e. The molecule has 1 aromatic carbocycles. The number of thiol groups is 1. The van der Waals surface area contributed by atoms with Crippen molar-refractivity contribution < 1.29 is 17.7 Å². The molecular weight excluding hydrogens is 308 g/mol. The average Bonchev–Trinajstić information content (AvgIpc) is 2.26. The van der Waals surface area contributed by atoms with Gasteiger partial charge in [0, 0.05) is 5.75 Å². The fourth-order valence-corrected chi connectivity index (χ4v) is 4.28. The van der Waals surface area contributed by atoms with E-state index in [1.807, 2.05) is 0 Å². The molecule has 0 saturated heterocycles. The molecule has 94 valence electrons. The van der Waals surface area contributed by atoms with Gasteiger partial charge in [-0.1, -0.05) is 0 Å². The Labute approximate surface area is 113 Å². The standard InChI is InChI=1S/C9H8F3OPS3/c10-9(11,12)7-1-3-8(4-2-7)13-14(16)17-6-5-15/h1-4H,5-6H2/p+1. The van der Waals surface area contributed by atoms with Gasteiger partial charge in [0.05, 0.1) is 11.3 Å². The third-order valence-electron chi connectivity index (χ3n) is 1.65. The van der Waals surface area contributed by atoms with E-state index in [0.29, 0.717) is 11.5 Å². The minimum atomic E-state index is -4.32. The molecule has 17 heavy (non-hydrogen) atoms. The Morgan fingerprint density at radius 2 is 1.88 bits per heavy atom. The number of benzene rings is 1. The molecule has 0 fully saturated rings. The van der Waals surface area contributed by atoms with Gasteiger partial charge in [0.25, 0.3) is 0 Å². The number of alkyl halides is 3. The van der Waals surface area contributed by atoms with Gasteiger partial charge in [-0.3, -0.25) is 4.52 Å². The summed E-state index contributed by atoms with van der Waals surface area (Å²) in [6, 6.07) is 4.53. The largest absolute Gasteiger partial charge is 0.463 e. The number of rotatable bonds is 5. The summed E-state index contributed by atoms with van der Waals surface area (Å²) in [7, 11) is 0. The molecule has 0 aliphatic rings. The highest BCUT2D eigenvalue weighted by Gasteiger charge is 2.30. The molecule has 0 aliphatic carbocycles. The molecule has 0 saturated carbocycles. The Kier molecular flexibility index (Phi) is 6.06. The SMILES string of the molecule is FC(F)(F)c1ccc(O[P+](=S)SCCS)cc1. The van der Waals surface area contributed by atoms with Gasteiger partial charge in [0.15, 0.2) is 5.75 Å². The van der Waals surface area contributed by atoms with E-state index < -0.39 is 17.9 Å². The zero-order valence-electron chi connectivity index (χ0n) is 8.48. The van der Waals surface area contributed by atoms with Crippen LogP contribution in [0.3, 0.4) is 0 Å². The maximum absolute atomic E-state index is 12.3. The number of halogens is 3. The molecule has 0 radical (unpaired) electrons. The van der Waals surface area contributed by atoms with E-state index in [1.165, 1.54) is 23.5 Å². The van der Waals surface area contributed by atoms with E-state index in [2.05, 4.69) is 12.6 Å². The molecule has 8 heteroatoms. The lowest BCUT2D eigenvalue weighted by molar-refractivity contribution is -0.137. The Balaban J connectivity index is 2.60. The van der Waals surface area contributed by atoms with Crippen molar-refractivity contribution in [1.82, 2.24) is 0 Å². The van der Waals surface area contributed by atoms with Gasteiger partial charge in [0.2, 0.25) is 11.8 Å². The van der Waals surface area contributed by atoms with E-state index in [-0.39, 0.29) is 0 Å². The molecule has 0 bridgehead atoms. The van der Waals surface area contributed by atoms with Crippen molar-refractivity contribution in [3.05, 3.63) is 29.8 Å². The van der Waals surface area contributed by atoms with Crippen molar-refractivity contribution in [3.8, 4) is 5.75 Å². The molecule has 1 nitrogen and oxygen atoms in total. The van der Waals surface area contributed by atoms with Gasteiger partial charge in [-0.15, -0.1) is 0 Å². The molecule has 1 unspecified atom stereocenters. The van der Waals surface area contributed by atoms with Crippen molar-refractivity contribution in [3.63, 3.8) is 0 Å². The van der Waals surface area contributed by atoms with Crippen LogP contribution in [0.15, 0.2) is 24.3 Å². The monoisotopic (exact) mass is 317 g/mol. The van der Waals surface area contributed by atoms with Crippen LogP contribution in [0.25, 0.3) is 0 Å². The van der Waals surface area contributed by atoms with Crippen LogP contribution in [0.5, 0.6) is 5.75 Å². The van der Waals surface area contributed by atoms with Gasteiger partial charge in [-0.05, 0) is 24.3 Å². The Morgan fingerprint density at radius 1 is 1.29 bits per heavy atom. The Hall–Kier alpha value is 0.0300. The summed E-state index contributed by atoms with van der Waals surface area (Å²) in [5.41, 5.74) is -0.693. The molecule has 0 aromatic heterocycles. The van der Waals surface area contributed by atoms with E-state index in [1.54, 1.807) is 0 Å². The summed E-state index contributed by atoms with van der Waals surface area (Å²) in [5, 5.41) is 0. The fourth-order valence-electron chi connectivity index (χ4n) is 0.933. The minimum absolute atomic E-state index is 0.366. The molecule has 1 atom stereocenters. The van der Waals surface area contributed by atoms with E-state index in [9.17, 15) is 13.2 Å². The van der Waals surface area contributed by atoms with Crippen LogP contribution in [-0.2, 0) is 18.0 Å². The van der Waals surface area contributed by atoms with Crippen molar-refractivity contribution in [2.75, 3.05) is 11.5 Å². The van der Waals surface area contributed by atoms with Crippen LogP contribution in [0.2, 0.25) is 0 Å². The Morgan fingerprint density at radius 3 is 2.35 bits per heavy atom. The third-order valence-corrected chi connectivity index (χ3v) is 5.71. The van der Waals surface area contributed by atoms with Crippen LogP contribution in [0, 0.1) is 0 Å². The lowest BCUT2D eigenvalue weighted by atomic mass is 10.2. The minimum Gasteiger partial charge on any atom is -0.265 e. The normalized spacial score (nSPS) is 12.4. The quantitative estimate of drug-likeness (QED) is 0.632. The molecule has 0 spiro atoms. The summed E-state index contributed by atoms with van der Waals surface area (Å²) in [4.78, 5) is 0. The van der Waals surface area contributed by atoms with Gasteiger partial charge >= 0.3 is 12.3 Å². The number of hydrogen-bond acceptors (Lipinski definition) is 4. The van der Waals surface area contributed by atoms with Crippen LogP contribution >= 0.6 is 30.1 Å². The van der Waals surface area contributed by atoms with Gasteiger partial charge in [-0.25, -0.2) is 0 Å². The molecule has 1 aromatic rings. The van der Waals surface area contributed by atoms with Gasteiger partial charge in [-0.2, -0.15) is 25.8 Å². The zero-order valence-corrected chi connectivity index (χ0v) is 11.9. The molecule has 0 N–H and O–H groups in total. The average molecular weight is 317 g/mol. The van der Waals surface area contributed by atoms with Gasteiger partial charge < -0.3 is 0 Å². The zero-order chi connectivity index (χ0) is 12.9. The van der Waals surface area contributed by atoms with E-state index >= 15 is 0 Å². The first-order valence-electron chi connectivity index (χ1n) is 4.50. The molecule has 0 amide bonds. The predicted octanol–water partition coefficient (Wildman–Crippen LogP) is 4.52. The van der Waals surface area contributed by atoms with Crippen molar-refractivity contribution in [2.45, 2.75) is 6.18 Å². The molecule has 0 heterocycles. The summed E-state index contributed by atoms with van der Waals surface area (Å²) >= 11 is 10.5. The van der Waals surface area contributed by atoms with Crippen LogP contribution in [0.1, 0.15) is 5.56 Å². The van der Waals surface area contributed by atoms with Crippen LogP contribution < -0.4 is 4.52 Å². The highest BCUT2D eigenvalue weighted by molar-refractivity contribution is 8.62. The maximum atomic E-state index is 12.3. The highest BCUT2D eigenvalue weighted by atomic mass is 32.9. The molecular formula is C9H9F3OPS3+. The summed E-state index contributed by atoms with van der Waals surface area (Å²) < 4.78 is 42.2. The predicted molar refractivity (Wildman–Crippen MR) is 72.7 cm³/mol. The first-order chi connectivity index (χ1) is 7.93. The van der Waals surface area contributed by atoms with Gasteiger partial charge in [0.1, 0.15) is 11.4 Å². The second kappa shape index (κ2) is 6.83. The summed E-state index contributed by atoms with van der Waals surface area (Å²) in [5.74, 6) is 1.82. The van der Waals surface area contributed by atoms with Crippen molar-refractivity contribution >= 4 is 41.9 Å². The first-order valence-corrected chi connectivity index (χ1v) is 8.99. The lowest BCUT2D eigenvalue weighted by Crippen LogP contribution is -2.03. The topological polar surface area (TPSA) is 9.23 Å². The fraction of sp³-hybridized carbons (Fsp3) is 0.333. The van der Waals surface area contributed by atoms with E-state index in [4.69, 9.17) is 16.3 Å². The Bertz CT molecular complexity index is 380. The lowest BCUT2D eigenvalue weighted by Gasteiger charge is -2.05. The van der Waals surface area contributed by atoms with Crippen LogP contribution in [-0.4, -0.2) is 11.5 Å².